The molecule has 110 valence electrons. The second kappa shape index (κ2) is 6.19. The third-order valence-electron chi connectivity index (χ3n) is 2.77. The predicted molar refractivity (Wildman–Crippen MR) is 74.2 cm³/mol. The number of nitrogens with zero attached hydrogens (tertiary/aromatic N) is 2. The van der Waals surface area contributed by atoms with E-state index in [0.29, 0.717) is 22.0 Å². The van der Waals surface area contributed by atoms with Gasteiger partial charge in [0.15, 0.2) is 0 Å². The van der Waals surface area contributed by atoms with Crippen LogP contribution in [0.15, 0.2) is 18.2 Å². The van der Waals surface area contributed by atoms with E-state index in [4.69, 9.17) is 23.2 Å². The summed E-state index contributed by atoms with van der Waals surface area (Å²) in [5.74, 6) is 11.0. The summed E-state index contributed by atoms with van der Waals surface area (Å²) in [5, 5.41) is 11.4. The molecule has 0 saturated carbocycles. The Labute approximate surface area is 115 Å². The fraction of sp³-hybridized carbons (Fsp3) is 0.273. The molecule has 0 fully saturated rings. The molecule has 0 aromatic heterocycles. The van der Waals surface area contributed by atoms with Crippen LogP contribution in [0.1, 0.15) is 25.0 Å². The number of primary amides is 2. The van der Waals surface area contributed by atoms with Crippen LogP contribution >= 0.6 is 0 Å². The number of carbonyl (C=O) groups excluding carboxylic acids is 2. The molecule has 20 heavy (non-hydrogen) atoms. The Bertz CT molecular complexity index is 521. The number of carbonyl (C=O) groups is 2. The monoisotopic (exact) mass is 282 g/mol. The maximum absolute atomic E-state index is 11.1. The van der Waals surface area contributed by atoms with Crippen molar-refractivity contribution in [2.75, 3.05) is 10.0 Å². The summed E-state index contributed by atoms with van der Waals surface area (Å²) in [6.07, 6.45) is -0.541. The van der Waals surface area contributed by atoms with Gasteiger partial charge in [0.25, 0.3) is 0 Å². The number of benzene rings is 1. The van der Waals surface area contributed by atoms with Gasteiger partial charge in [-0.25, -0.2) is 31.3 Å². The highest BCUT2D eigenvalue weighted by Crippen LogP contribution is 2.30. The lowest BCUT2D eigenvalue weighted by atomic mass is 10.0. The molecule has 0 aliphatic heterocycles. The fourth-order valence-corrected chi connectivity index (χ4v) is 1.64. The highest BCUT2D eigenvalue weighted by molar-refractivity contribution is 5.92. The number of aliphatic hydroxyl groups excluding tert-OH is 1. The van der Waals surface area contributed by atoms with E-state index in [2.05, 4.69) is 0 Å². The van der Waals surface area contributed by atoms with Gasteiger partial charge in [-0.2, -0.15) is 0 Å². The molecule has 1 rings (SSSR count). The average Bonchev–Trinajstić information content (AvgIpc) is 2.43. The van der Waals surface area contributed by atoms with Crippen molar-refractivity contribution in [3.05, 3.63) is 23.8 Å². The topological polar surface area (TPSA) is 165 Å². The largest absolute Gasteiger partial charge is 0.388 e. The maximum atomic E-state index is 11.1. The van der Waals surface area contributed by atoms with Gasteiger partial charge in [0.2, 0.25) is 0 Å². The number of hydrogen-bond donors (Lipinski definition) is 5. The molecule has 9 heteroatoms. The second-order valence-electron chi connectivity index (χ2n) is 4.08. The molecule has 0 bridgehead atoms. The molecule has 1 aromatic rings. The molecule has 4 amide bonds. The first-order chi connectivity index (χ1) is 9.29. The van der Waals surface area contributed by atoms with Crippen molar-refractivity contribution in [3.63, 3.8) is 0 Å². The molecular formula is C11H18N6O3. The van der Waals surface area contributed by atoms with Crippen molar-refractivity contribution < 1.29 is 14.7 Å². The summed E-state index contributed by atoms with van der Waals surface area (Å²) in [6, 6.07) is 2.50. The minimum Gasteiger partial charge on any atom is -0.388 e. The van der Waals surface area contributed by atoms with E-state index in [9.17, 15) is 14.7 Å². The fourth-order valence-electron chi connectivity index (χ4n) is 1.64. The van der Waals surface area contributed by atoms with Crippen LogP contribution < -0.4 is 33.2 Å². The predicted octanol–water partition coefficient (Wildman–Crippen LogP) is -0.352. The summed E-state index contributed by atoms with van der Waals surface area (Å²) in [5.41, 5.74) is 10.9. The van der Waals surface area contributed by atoms with Crippen LogP contribution in [-0.2, 0) is 0 Å². The molecule has 0 aliphatic carbocycles. The van der Waals surface area contributed by atoms with Crippen molar-refractivity contribution in [1.29, 1.82) is 0 Å². The van der Waals surface area contributed by atoms with Crippen molar-refractivity contribution in [1.82, 2.24) is 0 Å². The number of aliphatic hydroxyl groups is 1. The van der Waals surface area contributed by atoms with Crippen molar-refractivity contribution >= 4 is 23.4 Å². The molecule has 1 aromatic carbocycles. The number of urea groups is 2. The number of hydrogen-bond acceptors (Lipinski definition) is 5. The Morgan fingerprint density at radius 1 is 1.20 bits per heavy atom. The van der Waals surface area contributed by atoms with Crippen LogP contribution in [0.2, 0.25) is 0 Å². The first-order valence-corrected chi connectivity index (χ1v) is 5.80. The maximum Gasteiger partial charge on any atom is 0.333 e. The van der Waals surface area contributed by atoms with E-state index in [0.717, 1.165) is 0 Å². The van der Waals surface area contributed by atoms with Gasteiger partial charge in [-0.3, -0.25) is 0 Å². The van der Waals surface area contributed by atoms with Crippen LogP contribution in [0.3, 0.4) is 0 Å². The number of anilines is 2. The molecule has 1 unspecified atom stereocenters. The van der Waals surface area contributed by atoms with Gasteiger partial charge in [0, 0.05) is 5.56 Å². The summed E-state index contributed by atoms with van der Waals surface area (Å²) < 4.78 is 0. The normalized spacial score (nSPS) is 11.8. The molecule has 0 spiro atoms. The number of amides is 4. The summed E-state index contributed by atoms with van der Waals surface area (Å²) >= 11 is 0. The quantitative estimate of drug-likeness (QED) is 0.289. The van der Waals surface area contributed by atoms with Crippen LogP contribution in [0, 0.1) is 0 Å². The number of hydrazine groups is 2. The van der Waals surface area contributed by atoms with Crippen LogP contribution in [0.5, 0.6) is 0 Å². The van der Waals surface area contributed by atoms with Crippen molar-refractivity contribution in [2.24, 2.45) is 23.2 Å². The zero-order valence-electron chi connectivity index (χ0n) is 11.0. The second-order valence-corrected chi connectivity index (χ2v) is 4.08. The third kappa shape index (κ3) is 3.15. The summed E-state index contributed by atoms with van der Waals surface area (Å²) in [4.78, 5) is 22.2. The Balaban J connectivity index is 3.33. The van der Waals surface area contributed by atoms with Crippen LogP contribution in [0.4, 0.5) is 21.0 Å². The van der Waals surface area contributed by atoms with E-state index in [1.165, 1.54) is 18.2 Å². The zero-order valence-corrected chi connectivity index (χ0v) is 11.0. The smallest absolute Gasteiger partial charge is 0.333 e. The van der Waals surface area contributed by atoms with Gasteiger partial charge < -0.3 is 16.6 Å². The minimum atomic E-state index is -0.906. The van der Waals surface area contributed by atoms with E-state index in [1.807, 2.05) is 0 Å². The molecule has 0 radical (unpaired) electrons. The molecule has 0 aliphatic rings. The van der Waals surface area contributed by atoms with Gasteiger partial charge in [-0.05, 0) is 24.6 Å². The van der Waals surface area contributed by atoms with Gasteiger partial charge in [-0.1, -0.05) is 6.92 Å². The van der Waals surface area contributed by atoms with Gasteiger partial charge in [-0.15, -0.1) is 0 Å². The van der Waals surface area contributed by atoms with Gasteiger partial charge >= 0.3 is 12.1 Å². The van der Waals surface area contributed by atoms with E-state index in [1.54, 1.807) is 6.92 Å². The third-order valence-corrected chi connectivity index (χ3v) is 2.77. The molecule has 9 nitrogen and oxygen atoms in total. The first kappa shape index (κ1) is 15.7. The van der Waals surface area contributed by atoms with E-state index >= 15 is 0 Å². The molecule has 9 N–H and O–H groups in total. The summed E-state index contributed by atoms with van der Waals surface area (Å²) in [6.45, 7) is 1.74. The lowest BCUT2D eigenvalue weighted by Crippen LogP contribution is -2.43. The Morgan fingerprint density at radius 3 is 2.20 bits per heavy atom. The molecule has 0 saturated heterocycles. The highest BCUT2D eigenvalue weighted by atomic mass is 16.3. The standard InChI is InChI=1S/C11H18N6O3/c1-2-9(18)7-5-6(16(14)10(12)19)3-4-8(7)17(15)11(13)20/h3-5,9,18H,2,14-15H2,1H3,(H2,12,19)(H2,13,20). The minimum absolute atomic E-state index is 0.216. The lowest BCUT2D eigenvalue weighted by Gasteiger charge is -2.23. The van der Waals surface area contributed by atoms with Crippen LogP contribution in [0.25, 0.3) is 0 Å². The lowest BCUT2D eigenvalue weighted by molar-refractivity contribution is 0.174. The first-order valence-electron chi connectivity index (χ1n) is 5.80. The van der Waals surface area contributed by atoms with Gasteiger partial charge in [0.1, 0.15) is 0 Å². The number of nitrogens with two attached hydrogens (primary N) is 4. The Kier molecular flexibility index (Phi) is 4.86. The molecular weight excluding hydrogens is 264 g/mol. The van der Waals surface area contributed by atoms with Crippen molar-refractivity contribution in [3.8, 4) is 0 Å². The Hall–Kier alpha value is -2.36. The van der Waals surface area contributed by atoms with Crippen molar-refractivity contribution in [2.45, 2.75) is 19.4 Å². The average molecular weight is 282 g/mol. The highest BCUT2D eigenvalue weighted by Gasteiger charge is 2.19. The zero-order chi connectivity index (χ0) is 15.4. The SMILES string of the molecule is CCC(O)c1cc(N(N)C(N)=O)ccc1N(N)C(N)=O. The van der Waals surface area contributed by atoms with E-state index < -0.39 is 18.2 Å². The number of rotatable bonds is 4. The summed E-state index contributed by atoms with van der Waals surface area (Å²) in [7, 11) is 0. The van der Waals surface area contributed by atoms with Crippen LogP contribution in [-0.4, -0.2) is 17.2 Å². The van der Waals surface area contributed by atoms with Gasteiger partial charge in [0.05, 0.1) is 17.5 Å². The Morgan fingerprint density at radius 2 is 1.75 bits per heavy atom. The molecule has 0 heterocycles. The van der Waals surface area contributed by atoms with E-state index in [-0.39, 0.29) is 11.4 Å². The molecule has 1 atom stereocenters.